The van der Waals surface area contributed by atoms with Crippen LogP contribution >= 0.6 is 7.82 Å². The van der Waals surface area contributed by atoms with Gasteiger partial charge in [0.1, 0.15) is 42.0 Å². The lowest BCUT2D eigenvalue weighted by molar-refractivity contribution is -0.0511. The minimum absolute atomic E-state index is 0.218. The molecule has 0 unspecified atom stereocenters. The number of aliphatic hydroxyl groups is 3. The Morgan fingerprint density at radius 1 is 1.00 bits per heavy atom. The molecule has 34 heavy (non-hydrogen) atoms. The summed E-state index contributed by atoms with van der Waals surface area (Å²) in [5, 5.41) is 28.7. The summed E-state index contributed by atoms with van der Waals surface area (Å²) in [4.78, 5) is 47.8. The molecule has 0 spiro atoms. The fourth-order valence-electron chi connectivity index (χ4n) is 2.95. The lowest BCUT2D eigenvalue weighted by Gasteiger charge is -2.16. The van der Waals surface area contributed by atoms with Crippen LogP contribution < -0.4 is 11.5 Å². The van der Waals surface area contributed by atoms with Crippen molar-refractivity contribution >= 4 is 41.8 Å². The van der Waals surface area contributed by atoms with Gasteiger partial charge in [-0.25, -0.2) is 34.5 Å². The quantitative estimate of drug-likeness (QED) is 0.124. The third-order valence-corrected chi connectivity index (χ3v) is 4.43. The molecule has 0 bridgehead atoms. The minimum atomic E-state index is -4.64. The van der Waals surface area contributed by atoms with Crippen LogP contribution in [-0.4, -0.2) is 94.4 Å². The first-order valence-electron chi connectivity index (χ1n) is 9.24. The van der Waals surface area contributed by atoms with E-state index in [0.29, 0.717) is 28.1 Å². The molecule has 1 aliphatic rings. The van der Waals surface area contributed by atoms with Crippen molar-refractivity contribution in [3.05, 3.63) is 25.3 Å². The second-order valence-corrected chi connectivity index (χ2v) is 7.71. The highest BCUT2D eigenvalue weighted by atomic mass is 31.2. The highest BCUT2D eigenvalue weighted by molar-refractivity contribution is 7.45. The molecule has 184 valence electrons. The van der Waals surface area contributed by atoms with Crippen LogP contribution in [0.4, 0.5) is 11.6 Å². The molecule has 4 aromatic heterocycles. The van der Waals surface area contributed by atoms with Gasteiger partial charge in [0.15, 0.2) is 29.2 Å². The number of nitrogens with one attached hydrogen (secondary N) is 1. The summed E-state index contributed by atoms with van der Waals surface area (Å²) >= 11 is 0. The van der Waals surface area contributed by atoms with Crippen molar-refractivity contribution in [3.8, 4) is 0 Å². The van der Waals surface area contributed by atoms with E-state index in [-0.39, 0.29) is 5.82 Å². The predicted octanol–water partition coefficient (Wildman–Crippen LogP) is -2.97. The summed E-state index contributed by atoms with van der Waals surface area (Å²) in [6, 6.07) is 0. The number of imidazole rings is 2. The van der Waals surface area contributed by atoms with Gasteiger partial charge in [-0.15, -0.1) is 0 Å². The molecule has 0 saturated carbocycles. The zero-order chi connectivity index (χ0) is 25.0. The third kappa shape index (κ3) is 5.76. The normalized spacial score (nSPS) is 22.2. The number of aliphatic hydroxyl groups excluding tert-OH is 3. The van der Waals surface area contributed by atoms with Gasteiger partial charge >= 0.3 is 7.82 Å². The van der Waals surface area contributed by atoms with Gasteiger partial charge in [0.25, 0.3) is 0 Å². The van der Waals surface area contributed by atoms with Crippen LogP contribution in [0.2, 0.25) is 0 Å². The van der Waals surface area contributed by atoms with E-state index in [9.17, 15) is 10.2 Å². The number of aromatic amines is 1. The Bertz CT molecular complexity index is 1290. The molecular formula is C15H21N10O8P. The zero-order valence-electron chi connectivity index (χ0n) is 17.1. The first-order valence-corrected chi connectivity index (χ1v) is 10.8. The molecule has 1 fully saturated rings. The summed E-state index contributed by atoms with van der Waals surface area (Å²) in [5.74, 6) is 0.651. The second-order valence-electron chi connectivity index (χ2n) is 6.69. The maximum absolute atomic E-state index is 9.95. The van der Waals surface area contributed by atoms with E-state index in [0.717, 1.165) is 0 Å². The number of hydrogen-bond acceptors (Lipinski definition) is 13. The first-order chi connectivity index (χ1) is 16.0. The molecule has 4 aromatic rings. The van der Waals surface area contributed by atoms with Gasteiger partial charge in [0, 0.05) is 0 Å². The number of rotatable bonds is 2. The van der Waals surface area contributed by atoms with Crippen LogP contribution in [-0.2, 0) is 9.30 Å². The van der Waals surface area contributed by atoms with Gasteiger partial charge < -0.3 is 51.2 Å². The fraction of sp³-hybridized carbons (Fsp3) is 0.333. The summed E-state index contributed by atoms with van der Waals surface area (Å²) in [6.45, 7) is -0.390. The lowest BCUT2D eigenvalue weighted by atomic mass is 10.1. The van der Waals surface area contributed by atoms with Crippen molar-refractivity contribution in [3.63, 3.8) is 0 Å². The first kappa shape index (κ1) is 25.3. The van der Waals surface area contributed by atoms with Crippen molar-refractivity contribution in [2.75, 3.05) is 18.1 Å². The van der Waals surface area contributed by atoms with Crippen molar-refractivity contribution in [2.45, 2.75) is 24.5 Å². The van der Waals surface area contributed by atoms with E-state index < -0.39 is 39.0 Å². The minimum Gasteiger partial charge on any atom is -0.394 e. The summed E-state index contributed by atoms with van der Waals surface area (Å²) < 4.78 is 15.7. The van der Waals surface area contributed by atoms with Crippen molar-refractivity contribution in [1.82, 2.24) is 39.5 Å². The summed E-state index contributed by atoms with van der Waals surface area (Å²) in [6.07, 6.45) is 1.50. The molecule has 5 heterocycles. The Balaban J connectivity index is 0.000000180. The van der Waals surface area contributed by atoms with Crippen LogP contribution in [0.15, 0.2) is 25.3 Å². The van der Waals surface area contributed by atoms with Gasteiger partial charge in [-0.05, 0) is 0 Å². The number of hydrogen-bond donors (Lipinski definition) is 9. The maximum Gasteiger partial charge on any atom is 0.466 e. The summed E-state index contributed by atoms with van der Waals surface area (Å²) in [5.41, 5.74) is 13.2. The zero-order valence-corrected chi connectivity index (χ0v) is 18.0. The highest BCUT2D eigenvalue weighted by Crippen LogP contribution is 2.31. The average Bonchev–Trinajstić information content (AvgIpc) is 3.47. The van der Waals surface area contributed by atoms with Crippen LogP contribution in [0.1, 0.15) is 6.23 Å². The largest absolute Gasteiger partial charge is 0.466 e. The van der Waals surface area contributed by atoms with Crippen LogP contribution in [0.5, 0.6) is 0 Å². The topological polar surface area (TPSA) is 298 Å². The molecular weight excluding hydrogens is 479 g/mol. The molecule has 19 heteroatoms. The number of fused-ring (bicyclic) bond motifs is 2. The van der Waals surface area contributed by atoms with Crippen molar-refractivity contribution in [2.24, 2.45) is 0 Å². The van der Waals surface area contributed by atoms with Gasteiger partial charge in [0.2, 0.25) is 0 Å². The monoisotopic (exact) mass is 500 g/mol. The number of nitrogen functional groups attached to an aromatic ring is 2. The molecule has 18 nitrogen and oxygen atoms in total. The van der Waals surface area contributed by atoms with Crippen LogP contribution in [0, 0.1) is 0 Å². The number of nitrogens with two attached hydrogens (primary N) is 2. The van der Waals surface area contributed by atoms with Crippen LogP contribution in [0.25, 0.3) is 22.3 Å². The predicted molar refractivity (Wildman–Crippen MR) is 113 cm³/mol. The molecule has 5 rings (SSSR count). The Morgan fingerprint density at radius 2 is 1.65 bits per heavy atom. The standard InChI is InChI=1S/C10H13N5O4.C5H5N5.H3O4P/c11-8-5-9(13-2-12-8)15(3-14-5)10-7(18)6(17)4(1-16)19-10;6-4-3-5(9-1-7-3)10-2-8-4;1-5(2,3)4/h2-4,6-7,10,16-18H,1H2,(H2,11,12,13);1-2H,(H3,6,7,8,9,10);(H3,1,2,3,4)/t4-,6-,7-,10-;;/m1../s1. The van der Waals surface area contributed by atoms with E-state index >= 15 is 0 Å². The number of phosphoric acid groups is 1. The Hall–Kier alpha value is -3.35. The van der Waals surface area contributed by atoms with E-state index in [1.807, 2.05) is 0 Å². The van der Waals surface area contributed by atoms with Gasteiger partial charge in [0.05, 0.1) is 19.3 Å². The van der Waals surface area contributed by atoms with E-state index in [1.54, 1.807) is 0 Å². The number of anilines is 2. The summed E-state index contributed by atoms with van der Waals surface area (Å²) in [7, 11) is -4.64. The average molecular weight is 500 g/mol. The van der Waals surface area contributed by atoms with E-state index in [2.05, 4.69) is 34.9 Å². The smallest absolute Gasteiger partial charge is 0.394 e. The van der Waals surface area contributed by atoms with Gasteiger partial charge in [-0.2, -0.15) is 0 Å². The molecule has 4 atom stereocenters. The maximum atomic E-state index is 9.95. The number of nitrogens with zero attached hydrogens (tertiary/aromatic N) is 7. The molecule has 11 N–H and O–H groups in total. The fourth-order valence-corrected chi connectivity index (χ4v) is 2.95. The Labute approximate surface area is 189 Å². The molecule has 0 radical (unpaired) electrons. The van der Waals surface area contributed by atoms with E-state index in [4.69, 9.17) is 40.6 Å². The van der Waals surface area contributed by atoms with Crippen molar-refractivity contribution in [1.29, 1.82) is 0 Å². The molecule has 1 aliphatic heterocycles. The Morgan fingerprint density at radius 3 is 2.26 bits per heavy atom. The van der Waals surface area contributed by atoms with Gasteiger partial charge in [-0.3, -0.25) is 4.57 Å². The Kier molecular flexibility index (Phi) is 7.64. The van der Waals surface area contributed by atoms with Crippen LogP contribution in [0.3, 0.4) is 0 Å². The molecule has 0 aromatic carbocycles. The lowest BCUT2D eigenvalue weighted by Crippen LogP contribution is -2.33. The van der Waals surface area contributed by atoms with E-state index in [1.165, 1.54) is 29.9 Å². The van der Waals surface area contributed by atoms with Crippen molar-refractivity contribution < 1.29 is 39.3 Å². The molecule has 0 amide bonds. The third-order valence-electron chi connectivity index (χ3n) is 4.43. The van der Waals surface area contributed by atoms with Gasteiger partial charge in [-0.1, -0.05) is 0 Å². The second kappa shape index (κ2) is 10.3. The number of H-pyrrole nitrogens is 1. The molecule has 0 aliphatic carbocycles. The number of ether oxygens (including phenoxy) is 1. The SMILES string of the molecule is Nc1ncnc2c1ncn2[C@@H]1O[C@H](CO)[C@@H](O)[C@H]1O.Nc1ncnc2nc[nH]c12.O=P(O)(O)O. The molecule has 1 saturated heterocycles. The highest BCUT2D eigenvalue weighted by Gasteiger charge is 2.43. The number of aromatic nitrogens is 8.